The summed E-state index contributed by atoms with van der Waals surface area (Å²) in [6.45, 7) is 9.16. The van der Waals surface area contributed by atoms with Crippen molar-refractivity contribution in [1.82, 2.24) is 9.80 Å². The molecule has 0 aromatic rings. The van der Waals surface area contributed by atoms with Crippen LogP contribution in [0, 0.1) is 5.92 Å². The largest absolute Gasteiger partial charge is 0.389 e. The van der Waals surface area contributed by atoms with Gasteiger partial charge in [0.05, 0.1) is 0 Å². The lowest BCUT2D eigenvalue weighted by molar-refractivity contribution is -0.137. The van der Waals surface area contributed by atoms with Gasteiger partial charge in [-0.3, -0.25) is 4.90 Å². The summed E-state index contributed by atoms with van der Waals surface area (Å²) < 4.78 is 37.0. The van der Waals surface area contributed by atoms with Gasteiger partial charge in [0.25, 0.3) is 0 Å². The molecule has 0 saturated heterocycles. The van der Waals surface area contributed by atoms with E-state index in [1.807, 2.05) is 21.0 Å². The van der Waals surface area contributed by atoms with Crippen molar-refractivity contribution in [2.75, 3.05) is 40.3 Å². The van der Waals surface area contributed by atoms with Gasteiger partial charge in [-0.05, 0) is 39.8 Å². The summed E-state index contributed by atoms with van der Waals surface area (Å²) in [5.41, 5.74) is 5.53. The molecule has 3 nitrogen and oxygen atoms in total. The van der Waals surface area contributed by atoms with Crippen LogP contribution in [0.5, 0.6) is 0 Å². The van der Waals surface area contributed by atoms with Gasteiger partial charge in [-0.15, -0.1) is 0 Å². The number of hydrogen-bond donors (Lipinski definition) is 1. The van der Waals surface area contributed by atoms with Crippen LogP contribution >= 0.6 is 0 Å². The molecule has 0 rings (SSSR count). The molecule has 6 heteroatoms. The van der Waals surface area contributed by atoms with E-state index in [9.17, 15) is 13.2 Å². The molecule has 0 aliphatic rings. The molecule has 21 heavy (non-hydrogen) atoms. The molecule has 0 aromatic heterocycles. The fourth-order valence-corrected chi connectivity index (χ4v) is 2.40. The maximum Gasteiger partial charge on any atom is 0.389 e. The van der Waals surface area contributed by atoms with Gasteiger partial charge in [-0.25, -0.2) is 0 Å². The van der Waals surface area contributed by atoms with Gasteiger partial charge in [0, 0.05) is 38.1 Å². The first-order valence-corrected chi connectivity index (χ1v) is 7.67. The molecular weight excluding hydrogens is 279 g/mol. The highest BCUT2D eigenvalue weighted by atomic mass is 19.4. The average molecular weight is 311 g/mol. The highest BCUT2D eigenvalue weighted by Gasteiger charge is 2.33. The zero-order valence-corrected chi connectivity index (χ0v) is 14.1. The van der Waals surface area contributed by atoms with Gasteiger partial charge in [0.2, 0.25) is 0 Å². The SMILES string of the molecule is CC(C)CN(CCN(C)C)C(C)(CN)CCCC(F)(F)F. The van der Waals surface area contributed by atoms with Crippen LogP contribution in [0.4, 0.5) is 13.2 Å². The fraction of sp³-hybridized carbons (Fsp3) is 1.00. The van der Waals surface area contributed by atoms with Crippen molar-refractivity contribution in [3.05, 3.63) is 0 Å². The highest BCUT2D eigenvalue weighted by Crippen LogP contribution is 2.27. The Bertz CT molecular complexity index is 280. The molecule has 0 aliphatic carbocycles. The minimum atomic E-state index is -4.08. The van der Waals surface area contributed by atoms with Crippen molar-refractivity contribution in [2.45, 2.75) is 51.7 Å². The Labute approximate surface area is 127 Å². The van der Waals surface area contributed by atoms with E-state index in [4.69, 9.17) is 5.73 Å². The zero-order valence-electron chi connectivity index (χ0n) is 14.1. The molecule has 128 valence electrons. The third kappa shape index (κ3) is 9.32. The average Bonchev–Trinajstić information content (AvgIpc) is 2.31. The second-order valence-corrected chi connectivity index (χ2v) is 6.81. The molecule has 1 unspecified atom stereocenters. The number of rotatable bonds is 10. The lowest BCUT2D eigenvalue weighted by Crippen LogP contribution is -2.54. The number of hydrogen-bond acceptors (Lipinski definition) is 3. The molecule has 0 saturated carbocycles. The van der Waals surface area contributed by atoms with Gasteiger partial charge in [-0.1, -0.05) is 13.8 Å². The first-order chi connectivity index (χ1) is 9.50. The van der Waals surface area contributed by atoms with Crippen LogP contribution in [-0.4, -0.2) is 61.8 Å². The molecule has 1 atom stereocenters. The van der Waals surface area contributed by atoms with Crippen LogP contribution in [0.2, 0.25) is 0 Å². The van der Waals surface area contributed by atoms with Crippen LogP contribution in [0.1, 0.15) is 40.0 Å². The minimum absolute atomic E-state index is 0.133. The Kier molecular flexibility index (Phi) is 8.81. The third-order valence-corrected chi connectivity index (χ3v) is 3.78. The Hall–Kier alpha value is -0.330. The second-order valence-electron chi connectivity index (χ2n) is 6.81. The Morgan fingerprint density at radius 3 is 2.00 bits per heavy atom. The highest BCUT2D eigenvalue weighted by molar-refractivity contribution is 4.88. The molecule has 0 spiro atoms. The summed E-state index contributed by atoms with van der Waals surface area (Å²) in [5.74, 6) is 0.459. The third-order valence-electron chi connectivity index (χ3n) is 3.78. The minimum Gasteiger partial charge on any atom is -0.329 e. The first kappa shape index (κ1) is 20.7. The van der Waals surface area contributed by atoms with E-state index < -0.39 is 12.6 Å². The van der Waals surface area contributed by atoms with Crippen molar-refractivity contribution in [3.8, 4) is 0 Å². The van der Waals surface area contributed by atoms with Gasteiger partial charge in [0.15, 0.2) is 0 Å². The lowest BCUT2D eigenvalue weighted by Gasteiger charge is -2.42. The van der Waals surface area contributed by atoms with Crippen LogP contribution < -0.4 is 5.73 Å². The smallest absolute Gasteiger partial charge is 0.329 e. The van der Waals surface area contributed by atoms with Crippen molar-refractivity contribution >= 4 is 0 Å². The predicted octanol–water partition coefficient (Wildman–Crippen LogP) is 2.96. The van der Waals surface area contributed by atoms with Crippen LogP contribution in [0.15, 0.2) is 0 Å². The van der Waals surface area contributed by atoms with Crippen molar-refractivity contribution in [3.63, 3.8) is 0 Å². The van der Waals surface area contributed by atoms with E-state index in [1.165, 1.54) is 0 Å². The Morgan fingerprint density at radius 2 is 1.62 bits per heavy atom. The molecule has 2 N–H and O–H groups in total. The molecule has 0 heterocycles. The van der Waals surface area contributed by atoms with Crippen molar-refractivity contribution < 1.29 is 13.2 Å². The normalized spacial score (nSPS) is 16.0. The number of likely N-dealkylation sites (N-methyl/N-ethyl adjacent to an activating group) is 1. The lowest BCUT2D eigenvalue weighted by atomic mass is 9.91. The Balaban J connectivity index is 4.73. The molecular formula is C15H32F3N3. The summed E-state index contributed by atoms with van der Waals surface area (Å²) in [4.78, 5) is 4.34. The number of nitrogens with zero attached hydrogens (tertiary/aromatic N) is 2. The van der Waals surface area contributed by atoms with Gasteiger partial charge < -0.3 is 10.6 Å². The number of alkyl halides is 3. The molecule has 0 fully saturated rings. The summed E-state index contributed by atoms with van der Waals surface area (Å²) >= 11 is 0. The van der Waals surface area contributed by atoms with E-state index in [-0.39, 0.29) is 12.0 Å². The van der Waals surface area contributed by atoms with Crippen molar-refractivity contribution in [1.29, 1.82) is 0 Å². The monoisotopic (exact) mass is 311 g/mol. The standard InChI is InChI=1S/C15H32F3N3/c1-13(2)11-21(10-9-20(4)5)14(3,12-19)7-6-8-15(16,17)18/h13H,6-12,19H2,1-5H3. The number of halogens is 3. The van der Waals surface area contributed by atoms with Crippen molar-refractivity contribution in [2.24, 2.45) is 11.7 Å². The maximum atomic E-state index is 12.3. The summed E-state index contributed by atoms with van der Waals surface area (Å²) in [5, 5.41) is 0. The van der Waals surface area contributed by atoms with Crippen LogP contribution in [0.3, 0.4) is 0 Å². The zero-order chi connectivity index (χ0) is 16.7. The first-order valence-electron chi connectivity index (χ1n) is 7.67. The Morgan fingerprint density at radius 1 is 1.05 bits per heavy atom. The topological polar surface area (TPSA) is 32.5 Å². The molecule has 0 bridgehead atoms. The van der Waals surface area contributed by atoms with Gasteiger partial charge >= 0.3 is 6.18 Å². The van der Waals surface area contributed by atoms with Crippen LogP contribution in [-0.2, 0) is 0 Å². The molecule has 0 aliphatic heterocycles. The second kappa shape index (κ2) is 8.96. The fourth-order valence-electron chi connectivity index (χ4n) is 2.40. The van der Waals surface area contributed by atoms with E-state index in [1.54, 1.807) is 0 Å². The summed E-state index contributed by atoms with van der Waals surface area (Å²) in [6.07, 6.45) is -4.20. The van der Waals surface area contributed by atoms with Gasteiger partial charge in [-0.2, -0.15) is 13.2 Å². The molecule has 0 radical (unpaired) electrons. The van der Waals surface area contributed by atoms with E-state index in [0.29, 0.717) is 18.9 Å². The van der Waals surface area contributed by atoms with Gasteiger partial charge in [0.1, 0.15) is 0 Å². The molecule has 0 amide bonds. The van der Waals surface area contributed by atoms with E-state index in [0.717, 1.165) is 19.6 Å². The quantitative estimate of drug-likeness (QED) is 0.673. The molecule has 0 aromatic carbocycles. The van der Waals surface area contributed by atoms with E-state index >= 15 is 0 Å². The van der Waals surface area contributed by atoms with E-state index in [2.05, 4.69) is 23.6 Å². The summed E-state index contributed by atoms with van der Waals surface area (Å²) in [7, 11) is 3.99. The summed E-state index contributed by atoms with van der Waals surface area (Å²) in [6, 6.07) is 0. The number of nitrogens with two attached hydrogens (primary N) is 1. The maximum absolute atomic E-state index is 12.3. The van der Waals surface area contributed by atoms with Crippen LogP contribution in [0.25, 0.3) is 0 Å². The predicted molar refractivity (Wildman–Crippen MR) is 82.3 cm³/mol.